The van der Waals surface area contributed by atoms with Gasteiger partial charge < -0.3 is 14.6 Å². The first-order chi connectivity index (χ1) is 9.58. The van der Waals surface area contributed by atoms with Crippen molar-refractivity contribution >= 4 is 0 Å². The normalized spacial score (nSPS) is 12.4. The lowest BCUT2D eigenvalue weighted by Gasteiger charge is -2.17. The molecule has 0 fully saturated rings. The minimum atomic E-state index is 0.317. The minimum Gasteiger partial charge on any atom is -0.496 e. The fourth-order valence-electron chi connectivity index (χ4n) is 2.50. The topological polar surface area (TPSA) is 39.1 Å². The fourth-order valence-corrected chi connectivity index (χ4v) is 2.50. The van der Waals surface area contributed by atoms with Crippen molar-refractivity contribution in [3.05, 3.63) is 47.0 Å². The molecule has 1 N–H and O–H groups in total. The second-order valence-corrected chi connectivity index (χ2v) is 5.12. The van der Waals surface area contributed by atoms with Crippen LogP contribution in [0.15, 0.2) is 24.5 Å². The molecule has 1 atom stereocenters. The van der Waals surface area contributed by atoms with Gasteiger partial charge in [0.15, 0.2) is 0 Å². The number of hydrogen-bond donors (Lipinski definition) is 1. The standard InChI is InChI=1S/C16H23N3O/c1-11-9-18-14(12(2)16(11)20-5)10-19-8-6-7-15(19)13(3)17-4/h6-9,13,17H,10H2,1-5H3. The number of aryl methyl sites for hydroxylation is 1. The molecule has 2 aromatic rings. The van der Waals surface area contributed by atoms with Crippen molar-refractivity contribution in [3.8, 4) is 5.75 Å². The van der Waals surface area contributed by atoms with Gasteiger partial charge in [-0.25, -0.2) is 0 Å². The van der Waals surface area contributed by atoms with Crippen LogP contribution in [-0.4, -0.2) is 23.7 Å². The van der Waals surface area contributed by atoms with Crippen molar-refractivity contribution in [2.45, 2.75) is 33.4 Å². The van der Waals surface area contributed by atoms with Gasteiger partial charge in [-0.1, -0.05) is 0 Å². The monoisotopic (exact) mass is 273 g/mol. The Balaban J connectivity index is 2.34. The maximum atomic E-state index is 5.47. The van der Waals surface area contributed by atoms with E-state index in [1.54, 1.807) is 7.11 Å². The lowest BCUT2D eigenvalue weighted by molar-refractivity contribution is 0.406. The summed E-state index contributed by atoms with van der Waals surface area (Å²) in [4.78, 5) is 4.57. The van der Waals surface area contributed by atoms with E-state index in [9.17, 15) is 0 Å². The van der Waals surface area contributed by atoms with Gasteiger partial charge in [-0.15, -0.1) is 0 Å². The van der Waals surface area contributed by atoms with Crippen LogP contribution in [0.3, 0.4) is 0 Å². The maximum absolute atomic E-state index is 5.47. The second-order valence-electron chi connectivity index (χ2n) is 5.12. The lowest BCUT2D eigenvalue weighted by Crippen LogP contribution is -2.17. The Kier molecular flexibility index (Phi) is 4.45. The third kappa shape index (κ3) is 2.70. The zero-order valence-electron chi connectivity index (χ0n) is 12.9. The van der Waals surface area contributed by atoms with Crippen LogP contribution >= 0.6 is 0 Å². The molecule has 20 heavy (non-hydrogen) atoms. The molecule has 2 rings (SSSR count). The summed E-state index contributed by atoms with van der Waals surface area (Å²) in [7, 11) is 3.68. The van der Waals surface area contributed by atoms with Gasteiger partial charge in [0.05, 0.1) is 19.3 Å². The first kappa shape index (κ1) is 14.6. The molecule has 0 saturated carbocycles. The van der Waals surface area contributed by atoms with E-state index in [1.807, 2.05) is 20.2 Å². The Bertz CT molecular complexity index is 589. The summed E-state index contributed by atoms with van der Waals surface area (Å²) in [5.74, 6) is 0.936. The van der Waals surface area contributed by atoms with Crippen molar-refractivity contribution in [2.24, 2.45) is 0 Å². The van der Waals surface area contributed by atoms with Gasteiger partial charge in [-0.05, 0) is 40.0 Å². The Morgan fingerprint density at radius 2 is 2.15 bits per heavy atom. The highest BCUT2D eigenvalue weighted by Gasteiger charge is 2.13. The van der Waals surface area contributed by atoms with Crippen LogP contribution < -0.4 is 10.1 Å². The molecule has 0 spiro atoms. The molecule has 0 aliphatic rings. The summed E-state index contributed by atoms with van der Waals surface area (Å²) in [5.41, 5.74) is 4.50. The molecular formula is C16H23N3O. The van der Waals surface area contributed by atoms with Crippen LogP contribution in [0.4, 0.5) is 0 Å². The summed E-state index contributed by atoms with van der Waals surface area (Å²) in [6.07, 6.45) is 3.97. The van der Waals surface area contributed by atoms with Gasteiger partial charge in [0.2, 0.25) is 0 Å². The second kappa shape index (κ2) is 6.09. The fraction of sp³-hybridized carbons (Fsp3) is 0.438. The quantitative estimate of drug-likeness (QED) is 0.910. The van der Waals surface area contributed by atoms with E-state index in [0.29, 0.717) is 6.04 Å². The van der Waals surface area contributed by atoms with E-state index in [2.05, 4.69) is 47.0 Å². The molecule has 0 aromatic carbocycles. The zero-order valence-corrected chi connectivity index (χ0v) is 12.9. The molecular weight excluding hydrogens is 250 g/mol. The van der Waals surface area contributed by atoms with Crippen LogP contribution in [0.1, 0.15) is 35.5 Å². The SMILES string of the molecule is CNC(C)c1cccn1Cc1ncc(C)c(OC)c1C. The molecule has 0 aliphatic heterocycles. The molecule has 108 valence electrons. The van der Waals surface area contributed by atoms with Crippen LogP contribution in [0.2, 0.25) is 0 Å². The average Bonchev–Trinajstić information content (AvgIpc) is 2.90. The molecule has 0 radical (unpaired) electrons. The van der Waals surface area contributed by atoms with E-state index < -0.39 is 0 Å². The number of hydrogen-bond acceptors (Lipinski definition) is 3. The zero-order chi connectivity index (χ0) is 14.7. The van der Waals surface area contributed by atoms with Gasteiger partial charge >= 0.3 is 0 Å². The Morgan fingerprint density at radius 3 is 2.80 bits per heavy atom. The Hall–Kier alpha value is -1.81. The van der Waals surface area contributed by atoms with E-state index >= 15 is 0 Å². The summed E-state index contributed by atoms with van der Waals surface area (Å²) < 4.78 is 7.70. The van der Waals surface area contributed by atoms with E-state index in [1.165, 1.54) is 5.69 Å². The van der Waals surface area contributed by atoms with Crippen LogP contribution in [-0.2, 0) is 6.54 Å². The number of ether oxygens (including phenoxy) is 1. The highest BCUT2D eigenvalue weighted by molar-refractivity contribution is 5.41. The third-order valence-corrected chi connectivity index (χ3v) is 3.81. The molecule has 0 aliphatic carbocycles. The average molecular weight is 273 g/mol. The van der Waals surface area contributed by atoms with Gasteiger partial charge in [-0.2, -0.15) is 0 Å². The van der Waals surface area contributed by atoms with Gasteiger partial charge in [0, 0.05) is 35.3 Å². The molecule has 2 heterocycles. The molecule has 4 heteroatoms. The number of aromatic nitrogens is 2. The largest absolute Gasteiger partial charge is 0.496 e. The Labute approximate surface area is 120 Å². The van der Waals surface area contributed by atoms with Gasteiger partial charge in [-0.3, -0.25) is 4.98 Å². The first-order valence-corrected chi connectivity index (χ1v) is 6.89. The predicted molar refractivity (Wildman–Crippen MR) is 81.3 cm³/mol. The van der Waals surface area contributed by atoms with Crippen LogP contribution in [0.5, 0.6) is 5.75 Å². The summed E-state index contributed by atoms with van der Waals surface area (Å²) >= 11 is 0. The summed E-state index contributed by atoms with van der Waals surface area (Å²) in [5, 5.41) is 3.27. The number of pyridine rings is 1. The lowest BCUT2D eigenvalue weighted by atomic mass is 10.1. The minimum absolute atomic E-state index is 0.317. The smallest absolute Gasteiger partial charge is 0.128 e. The van der Waals surface area contributed by atoms with Crippen molar-refractivity contribution in [1.82, 2.24) is 14.9 Å². The molecule has 4 nitrogen and oxygen atoms in total. The summed E-state index contributed by atoms with van der Waals surface area (Å²) in [6, 6.07) is 4.53. The van der Waals surface area contributed by atoms with E-state index in [0.717, 1.165) is 29.1 Å². The number of nitrogens with zero attached hydrogens (tertiary/aromatic N) is 2. The molecule has 0 bridgehead atoms. The van der Waals surface area contributed by atoms with Crippen molar-refractivity contribution in [1.29, 1.82) is 0 Å². The molecule has 0 amide bonds. The molecule has 2 aromatic heterocycles. The van der Waals surface area contributed by atoms with Crippen molar-refractivity contribution < 1.29 is 4.74 Å². The predicted octanol–water partition coefficient (Wildman–Crippen LogP) is 2.84. The summed E-state index contributed by atoms with van der Waals surface area (Å²) in [6.45, 7) is 7.00. The number of nitrogens with one attached hydrogen (secondary N) is 1. The number of methoxy groups -OCH3 is 1. The van der Waals surface area contributed by atoms with Gasteiger partial charge in [0.25, 0.3) is 0 Å². The highest BCUT2D eigenvalue weighted by atomic mass is 16.5. The van der Waals surface area contributed by atoms with E-state index in [-0.39, 0.29) is 0 Å². The third-order valence-electron chi connectivity index (χ3n) is 3.81. The maximum Gasteiger partial charge on any atom is 0.128 e. The highest BCUT2D eigenvalue weighted by Crippen LogP contribution is 2.25. The van der Waals surface area contributed by atoms with Crippen LogP contribution in [0.25, 0.3) is 0 Å². The molecule has 0 saturated heterocycles. The van der Waals surface area contributed by atoms with Crippen molar-refractivity contribution in [3.63, 3.8) is 0 Å². The molecule has 1 unspecified atom stereocenters. The van der Waals surface area contributed by atoms with Crippen molar-refractivity contribution in [2.75, 3.05) is 14.2 Å². The number of rotatable bonds is 5. The first-order valence-electron chi connectivity index (χ1n) is 6.89. The van der Waals surface area contributed by atoms with Crippen LogP contribution in [0, 0.1) is 13.8 Å². The van der Waals surface area contributed by atoms with Gasteiger partial charge in [0.1, 0.15) is 5.75 Å². The van der Waals surface area contributed by atoms with E-state index in [4.69, 9.17) is 4.74 Å². The Morgan fingerprint density at radius 1 is 1.40 bits per heavy atom.